The van der Waals surface area contributed by atoms with E-state index in [-0.39, 0.29) is 12.0 Å². The Hall–Kier alpha value is -2.14. The average molecular weight is 328 g/mol. The number of hydrogen-bond donors (Lipinski definition) is 2. The van der Waals surface area contributed by atoms with Gasteiger partial charge in [-0.15, -0.1) is 0 Å². The van der Waals surface area contributed by atoms with Crippen LogP contribution < -0.4 is 0 Å². The van der Waals surface area contributed by atoms with E-state index in [1.807, 2.05) is 31.2 Å². The summed E-state index contributed by atoms with van der Waals surface area (Å²) in [5.74, 6) is -0.886. The van der Waals surface area contributed by atoms with Crippen molar-refractivity contribution in [3.63, 3.8) is 0 Å². The van der Waals surface area contributed by atoms with Gasteiger partial charge in [0.2, 0.25) is 0 Å². The molecule has 0 spiro atoms. The number of aryl methyl sites for hydroxylation is 1. The number of carbonyl (C=O) groups is 2. The summed E-state index contributed by atoms with van der Waals surface area (Å²) in [5, 5.41) is 10.4. The Morgan fingerprint density at radius 1 is 1.25 bits per heavy atom. The molecule has 0 unspecified atom stereocenters. The highest BCUT2D eigenvalue weighted by Crippen LogP contribution is 2.34. The van der Waals surface area contributed by atoms with Gasteiger partial charge in [-0.1, -0.05) is 25.1 Å². The van der Waals surface area contributed by atoms with Crippen molar-refractivity contribution >= 4 is 22.6 Å². The van der Waals surface area contributed by atoms with Crippen LogP contribution in [0.5, 0.6) is 0 Å². The fraction of sp³-hybridized carbons (Fsp3) is 0.474. The normalized spacial score (nSPS) is 17.2. The molecule has 1 fully saturated rings. The van der Waals surface area contributed by atoms with Crippen molar-refractivity contribution in [2.24, 2.45) is 5.41 Å². The Morgan fingerprint density at radius 2 is 1.92 bits per heavy atom. The molecule has 5 heteroatoms. The van der Waals surface area contributed by atoms with Crippen LogP contribution in [0.1, 0.15) is 42.2 Å². The van der Waals surface area contributed by atoms with Gasteiger partial charge in [0.05, 0.1) is 5.56 Å². The van der Waals surface area contributed by atoms with Crippen molar-refractivity contribution in [3.8, 4) is 0 Å². The number of amides is 1. The van der Waals surface area contributed by atoms with E-state index in [4.69, 9.17) is 0 Å². The lowest BCUT2D eigenvalue weighted by atomic mass is 9.77. The second-order valence-corrected chi connectivity index (χ2v) is 6.80. The van der Waals surface area contributed by atoms with E-state index < -0.39 is 11.7 Å². The van der Waals surface area contributed by atoms with Gasteiger partial charge >= 0.3 is 0 Å². The SMILES string of the molecule is CCC1(CO)CCN(C(=O)C(=O)c2c(C)[nH]c3ccccc23)CC1. The second kappa shape index (κ2) is 6.40. The van der Waals surface area contributed by atoms with Gasteiger partial charge in [0.15, 0.2) is 0 Å². The van der Waals surface area contributed by atoms with Crippen LogP contribution in [-0.2, 0) is 4.79 Å². The molecular weight excluding hydrogens is 304 g/mol. The summed E-state index contributed by atoms with van der Waals surface area (Å²) in [6.45, 7) is 5.08. The number of H-pyrrole nitrogens is 1. The van der Waals surface area contributed by atoms with Gasteiger partial charge in [0, 0.05) is 36.3 Å². The number of nitrogens with zero attached hydrogens (tertiary/aromatic N) is 1. The van der Waals surface area contributed by atoms with Crippen molar-refractivity contribution in [2.75, 3.05) is 19.7 Å². The summed E-state index contributed by atoms with van der Waals surface area (Å²) in [5.41, 5.74) is 1.97. The number of ketones is 1. The number of benzene rings is 1. The van der Waals surface area contributed by atoms with E-state index >= 15 is 0 Å². The molecule has 2 heterocycles. The third-order valence-electron chi connectivity index (χ3n) is 5.51. The van der Waals surface area contributed by atoms with E-state index in [1.54, 1.807) is 4.90 Å². The number of para-hydroxylation sites is 1. The maximum Gasteiger partial charge on any atom is 0.295 e. The van der Waals surface area contributed by atoms with Crippen molar-refractivity contribution in [1.29, 1.82) is 0 Å². The Kier molecular flexibility index (Phi) is 4.45. The monoisotopic (exact) mass is 328 g/mol. The van der Waals surface area contributed by atoms with E-state index in [1.165, 1.54) is 0 Å². The summed E-state index contributed by atoms with van der Waals surface area (Å²) >= 11 is 0. The Morgan fingerprint density at radius 3 is 2.54 bits per heavy atom. The first-order valence-corrected chi connectivity index (χ1v) is 8.53. The smallest absolute Gasteiger partial charge is 0.295 e. The molecule has 0 radical (unpaired) electrons. The molecule has 0 saturated carbocycles. The Bertz CT molecular complexity index is 764. The first-order valence-electron chi connectivity index (χ1n) is 8.53. The lowest BCUT2D eigenvalue weighted by molar-refractivity contribution is -0.129. The number of likely N-dealkylation sites (tertiary alicyclic amines) is 1. The number of hydrogen-bond acceptors (Lipinski definition) is 3. The van der Waals surface area contributed by atoms with Crippen LogP contribution in [0, 0.1) is 12.3 Å². The lowest BCUT2D eigenvalue weighted by Crippen LogP contribution is -2.46. The molecule has 1 amide bonds. The van der Waals surface area contributed by atoms with E-state index in [0.29, 0.717) is 18.7 Å². The van der Waals surface area contributed by atoms with Crippen molar-refractivity contribution in [3.05, 3.63) is 35.5 Å². The molecule has 5 nitrogen and oxygen atoms in total. The number of nitrogens with one attached hydrogen (secondary N) is 1. The molecule has 1 saturated heterocycles. The molecule has 1 aromatic carbocycles. The number of aromatic nitrogens is 1. The Balaban J connectivity index is 1.81. The summed E-state index contributed by atoms with van der Waals surface area (Å²) in [7, 11) is 0. The molecule has 0 bridgehead atoms. The number of aliphatic hydroxyl groups is 1. The van der Waals surface area contributed by atoms with Gasteiger partial charge in [0.1, 0.15) is 0 Å². The van der Waals surface area contributed by atoms with Crippen LogP contribution in [-0.4, -0.2) is 46.4 Å². The minimum atomic E-state index is -0.446. The van der Waals surface area contributed by atoms with Gasteiger partial charge in [-0.2, -0.15) is 0 Å². The van der Waals surface area contributed by atoms with Crippen LogP contribution in [0.2, 0.25) is 0 Å². The zero-order valence-corrected chi connectivity index (χ0v) is 14.3. The molecule has 1 aliphatic rings. The molecule has 0 atom stereocenters. The minimum Gasteiger partial charge on any atom is -0.396 e. The zero-order valence-electron chi connectivity index (χ0n) is 14.3. The fourth-order valence-corrected chi connectivity index (χ4v) is 3.63. The highest BCUT2D eigenvalue weighted by atomic mass is 16.3. The predicted molar refractivity (Wildman–Crippen MR) is 93.0 cm³/mol. The van der Waals surface area contributed by atoms with Crippen molar-refractivity contribution in [1.82, 2.24) is 9.88 Å². The van der Waals surface area contributed by atoms with Gasteiger partial charge in [-0.3, -0.25) is 9.59 Å². The summed E-state index contributed by atoms with van der Waals surface area (Å²) < 4.78 is 0. The molecule has 2 N–H and O–H groups in total. The number of Topliss-reactive ketones (excluding diaryl/α,β-unsaturated/α-hetero) is 1. The number of rotatable bonds is 4. The molecule has 0 aliphatic carbocycles. The molecule has 24 heavy (non-hydrogen) atoms. The van der Waals surface area contributed by atoms with Crippen LogP contribution in [0.15, 0.2) is 24.3 Å². The highest BCUT2D eigenvalue weighted by molar-refractivity contribution is 6.45. The minimum absolute atomic E-state index is 0.101. The number of piperidine rings is 1. The first-order chi connectivity index (χ1) is 11.5. The number of aliphatic hydroxyl groups excluding tert-OH is 1. The number of aromatic amines is 1. The second-order valence-electron chi connectivity index (χ2n) is 6.80. The molecule has 2 aromatic rings. The lowest BCUT2D eigenvalue weighted by Gasteiger charge is -2.39. The third-order valence-corrected chi connectivity index (χ3v) is 5.51. The topological polar surface area (TPSA) is 73.4 Å². The maximum atomic E-state index is 12.8. The predicted octanol–water partition coefficient (Wildman–Crippen LogP) is 2.67. The first kappa shape index (κ1) is 16.7. The maximum absolute atomic E-state index is 12.8. The quantitative estimate of drug-likeness (QED) is 0.669. The number of fused-ring (bicyclic) bond motifs is 1. The summed E-state index contributed by atoms with van der Waals surface area (Å²) in [6.07, 6.45) is 2.37. The van der Waals surface area contributed by atoms with Crippen LogP contribution in [0.3, 0.4) is 0 Å². The third kappa shape index (κ3) is 2.73. The van der Waals surface area contributed by atoms with Gasteiger partial charge in [-0.05, 0) is 37.7 Å². The standard InChI is InChI=1S/C19H24N2O3/c1-3-19(12-22)8-10-21(11-9-19)18(24)17(23)16-13(2)20-15-7-5-4-6-14(15)16/h4-7,20,22H,3,8-12H2,1-2H3. The van der Waals surface area contributed by atoms with Gasteiger partial charge in [-0.25, -0.2) is 0 Å². The molecule has 1 aromatic heterocycles. The fourth-order valence-electron chi connectivity index (χ4n) is 3.63. The molecule has 3 rings (SSSR count). The molecular formula is C19H24N2O3. The molecule has 1 aliphatic heterocycles. The van der Waals surface area contributed by atoms with Crippen molar-refractivity contribution in [2.45, 2.75) is 33.1 Å². The average Bonchev–Trinajstić information content (AvgIpc) is 2.96. The van der Waals surface area contributed by atoms with Crippen LogP contribution >= 0.6 is 0 Å². The van der Waals surface area contributed by atoms with Gasteiger partial charge in [0.25, 0.3) is 11.7 Å². The van der Waals surface area contributed by atoms with E-state index in [0.717, 1.165) is 35.9 Å². The van der Waals surface area contributed by atoms with Crippen LogP contribution in [0.4, 0.5) is 0 Å². The summed E-state index contributed by atoms with van der Waals surface area (Å²) in [4.78, 5) is 30.3. The van der Waals surface area contributed by atoms with E-state index in [9.17, 15) is 14.7 Å². The van der Waals surface area contributed by atoms with E-state index in [2.05, 4.69) is 11.9 Å². The number of carbonyl (C=O) groups excluding carboxylic acids is 2. The summed E-state index contributed by atoms with van der Waals surface area (Å²) in [6, 6.07) is 7.54. The Labute approximate surface area is 141 Å². The largest absolute Gasteiger partial charge is 0.396 e. The van der Waals surface area contributed by atoms with Crippen LogP contribution in [0.25, 0.3) is 10.9 Å². The van der Waals surface area contributed by atoms with Crippen molar-refractivity contribution < 1.29 is 14.7 Å². The van der Waals surface area contributed by atoms with Gasteiger partial charge < -0.3 is 15.0 Å². The highest BCUT2D eigenvalue weighted by Gasteiger charge is 2.36. The molecule has 128 valence electrons. The zero-order chi connectivity index (χ0) is 17.3.